The lowest BCUT2D eigenvalue weighted by Crippen LogP contribution is -2.39. The second-order valence-electron chi connectivity index (χ2n) is 6.30. The molecule has 124 valence electrons. The van der Waals surface area contributed by atoms with Crippen molar-refractivity contribution in [3.63, 3.8) is 0 Å². The molecule has 5 nitrogen and oxygen atoms in total. The third-order valence-electron chi connectivity index (χ3n) is 4.42. The van der Waals surface area contributed by atoms with Gasteiger partial charge in [-0.25, -0.2) is 0 Å². The summed E-state index contributed by atoms with van der Waals surface area (Å²) >= 11 is 6.71. The first-order valence-corrected chi connectivity index (χ1v) is 8.34. The van der Waals surface area contributed by atoms with E-state index in [0.717, 1.165) is 48.5 Å². The first-order chi connectivity index (χ1) is 10.9. The smallest absolute Gasteiger partial charge is 0.250 e. The number of nitrogens with zero attached hydrogens (tertiary/aromatic N) is 3. The van der Waals surface area contributed by atoms with Gasteiger partial charge in [0.05, 0.1) is 27.6 Å². The zero-order valence-corrected chi connectivity index (χ0v) is 14.9. The summed E-state index contributed by atoms with van der Waals surface area (Å²) in [4.78, 5) is 21.4. The molecule has 0 aliphatic carbocycles. The summed E-state index contributed by atoms with van der Waals surface area (Å²) in [6.07, 6.45) is 1.09. The Kier molecular flexibility index (Phi) is 4.15. The molecule has 0 amide bonds. The number of rotatable bonds is 3. The summed E-state index contributed by atoms with van der Waals surface area (Å²) in [6.45, 7) is 5.10. The van der Waals surface area contributed by atoms with Gasteiger partial charge in [-0.3, -0.25) is 4.79 Å². The molecular weight excluding hydrogens is 312 g/mol. The van der Waals surface area contributed by atoms with Crippen LogP contribution in [0.1, 0.15) is 13.3 Å². The molecule has 6 heteroatoms. The van der Waals surface area contributed by atoms with Crippen LogP contribution in [0.25, 0.3) is 10.9 Å². The highest BCUT2D eigenvalue weighted by Gasteiger charge is 2.25. The zero-order valence-electron chi connectivity index (χ0n) is 14.1. The second kappa shape index (κ2) is 5.96. The van der Waals surface area contributed by atoms with Gasteiger partial charge in [-0.15, -0.1) is 0 Å². The lowest BCUT2D eigenvalue weighted by atomic mass is 10.1. The van der Waals surface area contributed by atoms with Crippen molar-refractivity contribution in [2.24, 2.45) is 0 Å². The Morgan fingerprint density at radius 2 is 2.04 bits per heavy atom. The Bertz CT molecular complexity index is 799. The van der Waals surface area contributed by atoms with E-state index >= 15 is 0 Å². The molecule has 1 N–H and O–H groups in total. The molecule has 0 saturated carbocycles. The first-order valence-electron chi connectivity index (χ1n) is 7.97. The molecule has 0 saturated heterocycles. The van der Waals surface area contributed by atoms with Crippen LogP contribution < -0.4 is 20.3 Å². The standard InChI is InChI=1S/C17H23ClN4O/c1-5-6-22-8-7-21(4)17-13(22)9-11-12(20(2)3)10-14(23)19-16(11)15(17)18/h9-10H,5-8H2,1-4H3,(H,19,23). The molecule has 1 aromatic heterocycles. The molecular formula is C17H23ClN4O. The van der Waals surface area contributed by atoms with Crippen LogP contribution in [0.4, 0.5) is 17.1 Å². The Balaban J connectivity index is 2.36. The van der Waals surface area contributed by atoms with Crippen LogP contribution in [-0.4, -0.2) is 45.8 Å². The Morgan fingerprint density at radius 3 is 2.70 bits per heavy atom. The third-order valence-corrected chi connectivity index (χ3v) is 4.78. The molecule has 0 fully saturated rings. The average Bonchev–Trinajstić information content (AvgIpc) is 2.50. The van der Waals surface area contributed by atoms with Crippen molar-refractivity contribution in [2.45, 2.75) is 13.3 Å². The van der Waals surface area contributed by atoms with Crippen molar-refractivity contribution in [1.82, 2.24) is 4.98 Å². The van der Waals surface area contributed by atoms with E-state index in [4.69, 9.17) is 11.6 Å². The van der Waals surface area contributed by atoms with Crippen molar-refractivity contribution in [3.8, 4) is 0 Å². The normalized spacial score (nSPS) is 14.3. The van der Waals surface area contributed by atoms with Crippen LogP contribution in [0, 0.1) is 0 Å². The molecule has 0 atom stereocenters. The molecule has 1 aromatic carbocycles. The molecule has 2 heterocycles. The molecule has 1 aliphatic heterocycles. The summed E-state index contributed by atoms with van der Waals surface area (Å²) < 4.78 is 0. The maximum Gasteiger partial charge on any atom is 0.250 e. The summed E-state index contributed by atoms with van der Waals surface area (Å²) in [7, 11) is 5.93. The van der Waals surface area contributed by atoms with E-state index < -0.39 is 0 Å². The zero-order chi connectivity index (χ0) is 16.7. The lowest BCUT2D eigenvalue weighted by Gasteiger charge is -2.38. The minimum atomic E-state index is -0.132. The van der Waals surface area contributed by atoms with Gasteiger partial charge in [-0.2, -0.15) is 0 Å². The Morgan fingerprint density at radius 1 is 1.30 bits per heavy atom. The molecule has 0 unspecified atom stereocenters. The summed E-state index contributed by atoms with van der Waals surface area (Å²) in [5.74, 6) is 0. The maximum atomic E-state index is 12.0. The van der Waals surface area contributed by atoms with Gasteiger partial charge in [0.25, 0.3) is 5.56 Å². The van der Waals surface area contributed by atoms with Gasteiger partial charge in [-0.1, -0.05) is 18.5 Å². The predicted molar refractivity (Wildman–Crippen MR) is 99.7 cm³/mol. The molecule has 1 aliphatic rings. The van der Waals surface area contributed by atoms with Gasteiger partial charge in [0.15, 0.2) is 0 Å². The average molecular weight is 335 g/mol. The number of benzene rings is 1. The van der Waals surface area contributed by atoms with E-state index in [1.54, 1.807) is 6.07 Å². The number of halogens is 1. The third kappa shape index (κ3) is 2.63. The summed E-state index contributed by atoms with van der Waals surface area (Å²) in [5, 5.41) is 1.61. The lowest BCUT2D eigenvalue weighted by molar-refractivity contribution is 0.720. The monoisotopic (exact) mass is 334 g/mol. The highest BCUT2D eigenvalue weighted by Crippen LogP contribution is 2.44. The molecule has 0 radical (unpaired) electrons. The van der Waals surface area contributed by atoms with Gasteiger partial charge in [0, 0.05) is 52.2 Å². The number of likely N-dealkylation sites (N-methyl/N-ethyl adjacent to an activating group) is 1. The topological polar surface area (TPSA) is 42.6 Å². The van der Waals surface area contributed by atoms with Crippen LogP contribution in [-0.2, 0) is 0 Å². The van der Waals surface area contributed by atoms with Crippen molar-refractivity contribution in [1.29, 1.82) is 0 Å². The molecule has 2 aromatic rings. The number of fused-ring (bicyclic) bond motifs is 2. The van der Waals surface area contributed by atoms with Gasteiger partial charge in [-0.05, 0) is 12.5 Å². The van der Waals surface area contributed by atoms with Gasteiger partial charge in [0.1, 0.15) is 0 Å². The Labute approximate surface area is 141 Å². The number of aromatic amines is 1. The summed E-state index contributed by atoms with van der Waals surface area (Å²) in [5.41, 5.74) is 3.62. The largest absolute Gasteiger partial charge is 0.377 e. The molecule has 0 spiro atoms. The molecule has 23 heavy (non-hydrogen) atoms. The highest BCUT2D eigenvalue weighted by molar-refractivity contribution is 6.39. The Hall–Kier alpha value is -1.88. The fraction of sp³-hybridized carbons (Fsp3) is 0.471. The van der Waals surface area contributed by atoms with Crippen molar-refractivity contribution < 1.29 is 0 Å². The number of aromatic nitrogens is 1. The van der Waals surface area contributed by atoms with Gasteiger partial charge in [0.2, 0.25) is 0 Å². The van der Waals surface area contributed by atoms with E-state index in [1.165, 1.54) is 0 Å². The van der Waals surface area contributed by atoms with Crippen LogP contribution in [0.2, 0.25) is 5.02 Å². The van der Waals surface area contributed by atoms with E-state index in [0.29, 0.717) is 10.5 Å². The fourth-order valence-corrected chi connectivity index (χ4v) is 3.68. The van der Waals surface area contributed by atoms with Crippen molar-refractivity contribution >= 4 is 39.6 Å². The minimum absolute atomic E-state index is 0.132. The number of hydrogen-bond acceptors (Lipinski definition) is 4. The second-order valence-corrected chi connectivity index (χ2v) is 6.68. The van der Waals surface area contributed by atoms with Crippen molar-refractivity contribution in [3.05, 3.63) is 27.5 Å². The number of pyridine rings is 1. The fourth-order valence-electron chi connectivity index (χ4n) is 3.29. The maximum absolute atomic E-state index is 12.0. The number of hydrogen-bond donors (Lipinski definition) is 1. The quantitative estimate of drug-likeness (QED) is 0.937. The van der Waals surface area contributed by atoms with Crippen molar-refractivity contribution in [2.75, 3.05) is 55.5 Å². The minimum Gasteiger partial charge on any atom is -0.377 e. The van der Waals surface area contributed by atoms with Gasteiger partial charge < -0.3 is 19.7 Å². The summed E-state index contributed by atoms with van der Waals surface area (Å²) in [6, 6.07) is 3.79. The predicted octanol–water partition coefficient (Wildman–Crippen LogP) is 2.91. The highest BCUT2D eigenvalue weighted by atomic mass is 35.5. The number of nitrogens with one attached hydrogen (secondary N) is 1. The van der Waals surface area contributed by atoms with Crippen LogP contribution in [0.3, 0.4) is 0 Å². The van der Waals surface area contributed by atoms with Crippen LogP contribution in [0.5, 0.6) is 0 Å². The van der Waals surface area contributed by atoms with E-state index in [1.807, 2.05) is 26.0 Å². The first kappa shape index (κ1) is 16.0. The van der Waals surface area contributed by atoms with E-state index in [2.05, 4.69) is 27.8 Å². The van der Waals surface area contributed by atoms with E-state index in [-0.39, 0.29) is 5.56 Å². The van der Waals surface area contributed by atoms with Crippen LogP contribution in [0.15, 0.2) is 16.9 Å². The molecule has 3 rings (SSSR count). The van der Waals surface area contributed by atoms with E-state index in [9.17, 15) is 4.79 Å². The number of H-pyrrole nitrogens is 1. The number of anilines is 3. The SMILES string of the molecule is CCCN1CCN(C)c2c1cc1c(N(C)C)cc(=O)[nH]c1c2Cl. The molecule has 0 bridgehead atoms. The van der Waals surface area contributed by atoms with Crippen LogP contribution >= 0.6 is 11.6 Å². The van der Waals surface area contributed by atoms with Gasteiger partial charge >= 0.3 is 0 Å².